The lowest BCUT2D eigenvalue weighted by Crippen LogP contribution is -2.22. The molecule has 6 nitrogen and oxygen atoms in total. The molecular formula is C13H20F2N6. The first kappa shape index (κ1) is 15.6. The van der Waals surface area contributed by atoms with Crippen LogP contribution < -0.4 is 0 Å². The van der Waals surface area contributed by atoms with Crippen molar-refractivity contribution >= 4 is 0 Å². The highest BCUT2D eigenvalue weighted by Crippen LogP contribution is 2.15. The number of aromatic nitrogens is 5. The summed E-state index contributed by atoms with van der Waals surface area (Å²) < 4.78 is 28.2. The van der Waals surface area contributed by atoms with Crippen LogP contribution >= 0.6 is 0 Å². The highest BCUT2D eigenvalue weighted by molar-refractivity contribution is 4.97. The highest BCUT2D eigenvalue weighted by atomic mass is 19.3. The Morgan fingerprint density at radius 1 is 1.29 bits per heavy atom. The fourth-order valence-corrected chi connectivity index (χ4v) is 1.92. The quantitative estimate of drug-likeness (QED) is 0.849. The van der Waals surface area contributed by atoms with E-state index in [1.165, 1.54) is 12.4 Å². The van der Waals surface area contributed by atoms with Gasteiger partial charge in [0.05, 0.1) is 24.0 Å². The number of hydrogen-bond donors (Lipinski definition) is 0. The Hall–Kier alpha value is -1.83. The van der Waals surface area contributed by atoms with E-state index in [4.69, 9.17) is 0 Å². The van der Waals surface area contributed by atoms with Gasteiger partial charge in [0.25, 0.3) is 0 Å². The van der Waals surface area contributed by atoms with E-state index in [2.05, 4.69) is 15.3 Å². The van der Waals surface area contributed by atoms with Gasteiger partial charge in [-0.15, -0.1) is 5.10 Å². The summed E-state index contributed by atoms with van der Waals surface area (Å²) in [7, 11) is 1.83. The average molecular weight is 298 g/mol. The van der Waals surface area contributed by atoms with Gasteiger partial charge in [-0.1, -0.05) is 5.21 Å². The first-order chi connectivity index (χ1) is 9.77. The van der Waals surface area contributed by atoms with Crippen LogP contribution in [0.1, 0.15) is 38.8 Å². The zero-order valence-corrected chi connectivity index (χ0v) is 12.7. The third-order valence-corrected chi connectivity index (χ3v) is 3.03. The normalized spacial score (nSPS) is 12.6. The predicted octanol–water partition coefficient (Wildman–Crippen LogP) is 2.26. The van der Waals surface area contributed by atoms with Gasteiger partial charge in [-0.05, 0) is 27.8 Å². The van der Waals surface area contributed by atoms with Crippen molar-refractivity contribution in [2.75, 3.05) is 7.05 Å². The van der Waals surface area contributed by atoms with Crippen LogP contribution in [0, 0.1) is 0 Å². The third-order valence-electron chi connectivity index (χ3n) is 3.03. The van der Waals surface area contributed by atoms with E-state index in [1.54, 1.807) is 4.68 Å². The number of nitrogens with zero attached hydrogens (tertiary/aromatic N) is 6. The van der Waals surface area contributed by atoms with E-state index in [9.17, 15) is 8.78 Å². The SMILES string of the molecule is CN(Cc1cn(C(C)(C)C)nn1)Cc1nccn1C(F)F. The Kier molecular flexibility index (Phi) is 4.36. The van der Waals surface area contributed by atoms with Crippen molar-refractivity contribution < 1.29 is 8.78 Å². The van der Waals surface area contributed by atoms with E-state index in [0.29, 0.717) is 18.9 Å². The summed E-state index contributed by atoms with van der Waals surface area (Å²) in [5.41, 5.74) is 0.665. The van der Waals surface area contributed by atoms with Gasteiger partial charge in [0.2, 0.25) is 0 Å². The van der Waals surface area contributed by atoms with Crippen LogP contribution in [0.3, 0.4) is 0 Å². The van der Waals surface area contributed by atoms with E-state index < -0.39 is 6.55 Å². The van der Waals surface area contributed by atoms with Crippen molar-refractivity contribution in [2.45, 2.75) is 45.9 Å². The van der Waals surface area contributed by atoms with Crippen LogP contribution in [0.2, 0.25) is 0 Å². The Bertz CT molecular complexity index is 583. The lowest BCUT2D eigenvalue weighted by molar-refractivity contribution is 0.0644. The number of alkyl halides is 2. The van der Waals surface area contributed by atoms with Gasteiger partial charge in [0.15, 0.2) is 0 Å². The fourth-order valence-electron chi connectivity index (χ4n) is 1.92. The van der Waals surface area contributed by atoms with Crippen LogP contribution in [-0.4, -0.2) is 36.5 Å². The third kappa shape index (κ3) is 3.84. The van der Waals surface area contributed by atoms with Gasteiger partial charge >= 0.3 is 6.55 Å². The van der Waals surface area contributed by atoms with Gasteiger partial charge in [0, 0.05) is 18.9 Å². The average Bonchev–Trinajstić information content (AvgIpc) is 2.96. The second-order valence-electron chi connectivity index (χ2n) is 6.03. The van der Waals surface area contributed by atoms with Crippen molar-refractivity contribution in [3.05, 3.63) is 30.1 Å². The molecule has 0 aliphatic heterocycles. The molecular weight excluding hydrogens is 278 g/mol. The first-order valence-electron chi connectivity index (χ1n) is 6.67. The van der Waals surface area contributed by atoms with Crippen LogP contribution in [0.25, 0.3) is 0 Å². The van der Waals surface area contributed by atoms with Gasteiger partial charge in [-0.2, -0.15) is 8.78 Å². The molecule has 0 fully saturated rings. The van der Waals surface area contributed by atoms with Crippen molar-refractivity contribution in [2.24, 2.45) is 0 Å². The number of rotatable bonds is 5. The maximum Gasteiger partial charge on any atom is 0.319 e. The van der Waals surface area contributed by atoms with Gasteiger partial charge in [-0.25, -0.2) is 9.67 Å². The van der Waals surface area contributed by atoms with Crippen LogP contribution in [0.15, 0.2) is 18.6 Å². The second kappa shape index (κ2) is 5.88. The molecule has 0 aliphatic rings. The van der Waals surface area contributed by atoms with Crippen molar-refractivity contribution in [1.82, 2.24) is 29.4 Å². The van der Waals surface area contributed by atoms with Gasteiger partial charge in [0.1, 0.15) is 5.82 Å². The lowest BCUT2D eigenvalue weighted by atomic mass is 10.1. The van der Waals surface area contributed by atoms with Crippen molar-refractivity contribution in [3.63, 3.8) is 0 Å². The molecule has 8 heteroatoms. The zero-order valence-electron chi connectivity index (χ0n) is 12.7. The Balaban J connectivity index is 2.00. The summed E-state index contributed by atoms with van der Waals surface area (Å²) in [5.74, 6) is 0.329. The largest absolute Gasteiger partial charge is 0.319 e. The fraction of sp³-hybridized carbons (Fsp3) is 0.615. The molecule has 0 aliphatic carbocycles. The molecule has 2 aromatic heterocycles. The van der Waals surface area contributed by atoms with E-state index in [-0.39, 0.29) is 5.54 Å². The Morgan fingerprint density at radius 2 is 2.00 bits per heavy atom. The molecule has 0 atom stereocenters. The number of hydrogen-bond acceptors (Lipinski definition) is 4. The van der Waals surface area contributed by atoms with E-state index in [1.807, 2.05) is 38.9 Å². The smallest absolute Gasteiger partial charge is 0.293 e. The summed E-state index contributed by atoms with van der Waals surface area (Å²) in [6.45, 7) is 4.38. The monoisotopic (exact) mass is 298 g/mol. The molecule has 0 aromatic carbocycles. The van der Waals surface area contributed by atoms with Gasteiger partial charge < -0.3 is 0 Å². The summed E-state index contributed by atoms with van der Waals surface area (Å²) in [6.07, 6.45) is 4.53. The first-order valence-corrected chi connectivity index (χ1v) is 6.67. The van der Waals surface area contributed by atoms with Crippen molar-refractivity contribution in [3.8, 4) is 0 Å². The molecule has 0 amide bonds. The molecule has 2 rings (SSSR count). The molecule has 0 radical (unpaired) electrons. The Morgan fingerprint density at radius 3 is 2.57 bits per heavy atom. The van der Waals surface area contributed by atoms with E-state index in [0.717, 1.165) is 10.3 Å². The number of halogens is 2. The molecule has 116 valence electrons. The molecule has 0 saturated carbocycles. The molecule has 0 spiro atoms. The number of imidazole rings is 1. The molecule has 0 bridgehead atoms. The van der Waals surface area contributed by atoms with Crippen LogP contribution in [-0.2, 0) is 18.6 Å². The Labute approximate surface area is 122 Å². The lowest BCUT2D eigenvalue weighted by Gasteiger charge is -2.18. The van der Waals surface area contributed by atoms with Crippen molar-refractivity contribution in [1.29, 1.82) is 0 Å². The van der Waals surface area contributed by atoms with Crippen LogP contribution in [0.5, 0.6) is 0 Å². The molecule has 0 unspecified atom stereocenters. The molecule has 0 saturated heterocycles. The summed E-state index contributed by atoms with van der Waals surface area (Å²) in [4.78, 5) is 5.84. The molecule has 0 N–H and O–H groups in total. The second-order valence-corrected chi connectivity index (χ2v) is 6.03. The molecule has 2 heterocycles. The van der Waals surface area contributed by atoms with Crippen LogP contribution in [0.4, 0.5) is 8.78 Å². The topological polar surface area (TPSA) is 51.8 Å². The maximum atomic E-state index is 12.8. The molecule has 21 heavy (non-hydrogen) atoms. The predicted molar refractivity (Wildman–Crippen MR) is 73.7 cm³/mol. The highest BCUT2D eigenvalue weighted by Gasteiger charge is 2.17. The zero-order chi connectivity index (χ0) is 15.6. The minimum atomic E-state index is -2.57. The maximum absolute atomic E-state index is 12.8. The standard InChI is InChI=1S/C13H20F2N6/c1-13(2,3)21-8-10(17-18-21)7-19(4)9-11-16-5-6-20(11)12(14)15/h5-6,8,12H,7,9H2,1-4H3. The minimum Gasteiger partial charge on any atom is -0.293 e. The van der Waals surface area contributed by atoms with Gasteiger partial charge in [-0.3, -0.25) is 9.47 Å². The molecule has 2 aromatic rings. The van der Waals surface area contributed by atoms with E-state index >= 15 is 0 Å². The minimum absolute atomic E-state index is 0.129. The summed E-state index contributed by atoms with van der Waals surface area (Å²) >= 11 is 0. The summed E-state index contributed by atoms with van der Waals surface area (Å²) in [5, 5.41) is 8.19. The summed E-state index contributed by atoms with van der Waals surface area (Å²) in [6, 6.07) is 0.